The van der Waals surface area contributed by atoms with Crippen molar-refractivity contribution in [1.82, 2.24) is 16.5 Å². The van der Waals surface area contributed by atoms with E-state index in [2.05, 4.69) is 10.4 Å². The van der Waals surface area contributed by atoms with Crippen LogP contribution in [0.2, 0.25) is 0 Å². The summed E-state index contributed by atoms with van der Waals surface area (Å²) in [4.78, 5) is 14.5. The number of hydrogen-bond acceptors (Lipinski definition) is 4. The van der Waals surface area contributed by atoms with Gasteiger partial charge in [-0.2, -0.15) is 0 Å². The predicted octanol–water partition coefficient (Wildman–Crippen LogP) is -0.869. The van der Waals surface area contributed by atoms with Crippen molar-refractivity contribution in [2.24, 2.45) is 0 Å². The molecule has 6 nitrogen and oxygen atoms in total. The molecule has 0 fully saturated rings. The summed E-state index contributed by atoms with van der Waals surface area (Å²) in [7, 11) is 0. The Morgan fingerprint density at radius 1 is 1.78 bits per heavy atom. The first-order valence-corrected chi connectivity index (χ1v) is 2.38. The predicted molar refractivity (Wildman–Crippen MR) is 28.2 cm³/mol. The first kappa shape index (κ1) is 8.15. The molecular formula is C3H9N3O3. The third-order valence-electron chi connectivity index (χ3n) is 0.483. The summed E-state index contributed by atoms with van der Waals surface area (Å²) in [6, 6.07) is -0.775. The highest BCUT2D eigenvalue weighted by molar-refractivity contribution is 5.71. The van der Waals surface area contributed by atoms with Gasteiger partial charge in [-0.3, -0.25) is 10.0 Å². The average molecular weight is 135 g/mol. The second-order valence-electron chi connectivity index (χ2n) is 1.10. The van der Waals surface area contributed by atoms with Gasteiger partial charge in [-0.15, -0.1) is 5.59 Å². The molecule has 0 aromatic rings. The lowest BCUT2D eigenvalue weighted by Gasteiger charge is -2.02. The zero-order chi connectivity index (χ0) is 7.11. The topological polar surface area (TPSA) is 82.6 Å². The molecule has 0 bridgehead atoms. The molecular weight excluding hydrogens is 126 g/mol. The molecule has 0 atom stereocenters. The molecule has 0 aromatic heterocycles. The largest absolute Gasteiger partial charge is 0.354 e. The van der Waals surface area contributed by atoms with E-state index in [0.29, 0.717) is 6.61 Å². The molecule has 0 rings (SSSR count). The number of hydroxylamine groups is 1. The minimum Gasteiger partial charge on any atom is -0.287 e. The standard InChI is InChI=1S/C3H9N3O3/c1-2-9-6-4-3(7)5-8/h6,8H,2H2,1H3,(H2,4,5,7). The molecule has 4 N–H and O–H groups in total. The van der Waals surface area contributed by atoms with Crippen molar-refractivity contribution < 1.29 is 14.8 Å². The van der Waals surface area contributed by atoms with Gasteiger partial charge in [0.05, 0.1) is 6.61 Å². The van der Waals surface area contributed by atoms with E-state index in [9.17, 15) is 4.79 Å². The molecule has 0 aliphatic rings. The van der Waals surface area contributed by atoms with Crippen molar-refractivity contribution in [3.63, 3.8) is 0 Å². The molecule has 0 aliphatic heterocycles. The summed E-state index contributed by atoms with van der Waals surface area (Å²) >= 11 is 0. The van der Waals surface area contributed by atoms with Crippen molar-refractivity contribution >= 4 is 6.03 Å². The van der Waals surface area contributed by atoms with Crippen LogP contribution in [0.4, 0.5) is 4.79 Å². The smallest absolute Gasteiger partial charge is 0.287 e. The number of hydrogen-bond donors (Lipinski definition) is 4. The summed E-state index contributed by atoms with van der Waals surface area (Å²) in [5.41, 5.74) is 5.36. The number of hydrazine groups is 1. The SMILES string of the molecule is CCONNC(=O)NO. The number of nitrogens with one attached hydrogen (secondary N) is 3. The molecule has 0 heterocycles. The second-order valence-corrected chi connectivity index (χ2v) is 1.10. The molecule has 54 valence electrons. The summed E-state index contributed by atoms with van der Waals surface area (Å²) in [6.07, 6.45) is 0. The van der Waals surface area contributed by atoms with Gasteiger partial charge in [-0.1, -0.05) is 0 Å². The van der Waals surface area contributed by atoms with E-state index < -0.39 is 6.03 Å². The lowest BCUT2D eigenvalue weighted by molar-refractivity contribution is 0.0232. The van der Waals surface area contributed by atoms with Crippen LogP contribution in [0.15, 0.2) is 0 Å². The van der Waals surface area contributed by atoms with Crippen molar-refractivity contribution in [3.05, 3.63) is 0 Å². The van der Waals surface area contributed by atoms with Crippen molar-refractivity contribution in [1.29, 1.82) is 0 Å². The molecule has 9 heavy (non-hydrogen) atoms. The molecule has 0 saturated heterocycles. The van der Waals surface area contributed by atoms with Gasteiger partial charge >= 0.3 is 6.03 Å². The number of rotatable bonds is 3. The van der Waals surface area contributed by atoms with Gasteiger partial charge in [0, 0.05) is 0 Å². The Balaban J connectivity index is 2.97. The Labute approximate surface area is 52.1 Å². The molecule has 0 aromatic carbocycles. The molecule has 6 heteroatoms. The monoisotopic (exact) mass is 135 g/mol. The van der Waals surface area contributed by atoms with E-state index in [1.165, 1.54) is 5.48 Å². The highest BCUT2D eigenvalue weighted by atomic mass is 16.7. The van der Waals surface area contributed by atoms with Gasteiger partial charge in [-0.05, 0) is 6.92 Å². The Hall–Kier alpha value is -0.850. The summed E-state index contributed by atoms with van der Waals surface area (Å²) in [5, 5.41) is 7.88. The lowest BCUT2D eigenvalue weighted by Crippen LogP contribution is -2.42. The van der Waals surface area contributed by atoms with Gasteiger partial charge in [0.1, 0.15) is 0 Å². The Bertz CT molecular complexity index is 86.4. The van der Waals surface area contributed by atoms with Gasteiger partial charge in [0.15, 0.2) is 0 Å². The highest BCUT2D eigenvalue weighted by Crippen LogP contribution is 1.59. The van der Waals surface area contributed by atoms with Gasteiger partial charge < -0.3 is 0 Å². The molecule has 2 amide bonds. The molecule has 0 aliphatic carbocycles. The van der Waals surface area contributed by atoms with Gasteiger partial charge in [-0.25, -0.2) is 15.7 Å². The average Bonchev–Trinajstić information content (AvgIpc) is 1.89. The molecule has 0 unspecified atom stereocenters. The van der Waals surface area contributed by atoms with Crippen LogP contribution < -0.4 is 16.5 Å². The fourth-order valence-electron chi connectivity index (χ4n) is 0.183. The minimum atomic E-state index is -0.775. The third kappa shape index (κ3) is 5.01. The Morgan fingerprint density at radius 3 is 2.89 bits per heavy atom. The van der Waals surface area contributed by atoms with E-state index in [-0.39, 0.29) is 0 Å². The molecule has 0 saturated carbocycles. The fraction of sp³-hybridized carbons (Fsp3) is 0.667. The van der Waals surface area contributed by atoms with Crippen LogP contribution in [0.25, 0.3) is 0 Å². The van der Waals surface area contributed by atoms with E-state index in [1.807, 2.05) is 5.43 Å². The number of amides is 2. The van der Waals surface area contributed by atoms with Crippen molar-refractivity contribution in [2.45, 2.75) is 6.92 Å². The maximum absolute atomic E-state index is 10.1. The Kier molecular flexibility index (Phi) is 4.79. The number of urea groups is 1. The highest BCUT2D eigenvalue weighted by Gasteiger charge is 1.91. The summed E-state index contributed by atoms with van der Waals surface area (Å²) < 4.78 is 0. The van der Waals surface area contributed by atoms with E-state index >= 15 is 0 Å². The second kappa shape index (κ2) is 5.29. The van der Waals surface area contributed by atoms with Crippen LogP contribution in [-0.4, -0.2) is 17.8 Å². The van der Waals surface area contributed by atoms with E-state index in [1.54, 1.807) is 6.92 Å². The van der Waals surface area contributed by atoms with Crippen LogP contribution in [-0.2, 0) is 4.84 Å². The van der Waals surface area contributed by atoms with Crippen molar-refractivity contribution in [2.75, 3.05) is 6.61 Å². The van der Waals surface area contributed by atoms with Gasteiger partial charge in [0.25, 0.3) is 0 Å². The first-order chi connectivity index (χ1) is 4.31. The molecule has 0 spiro atoms. The van der Waals surface area contributed by atoms with E-state index in [0.717, 1.165) is 0 Å². The lowest BCUT2D eigenvalue weighted by atomic mass is 10.9. The zero-order valence-corrected chi connectivity index (χ0v) is 4.97. The maximum Gasteiger partial charge on any atom is 0.354 e. The van der Waals surface area contributed by atoms with Crippen molar-refractivity contribution in [3.8, 4) is 0 Å². The fourth-order valence-corrected chi connectivity index (χ4v) is 0.183. The summed E-state index contributed by atoms with van der Waals surface area (Å²) in [6.45, 7) is 2.16. The number of carbonyl (C=O) groups excluding carboxylic acids is 1. The molecule has 0 radical (unpaired) electrons. The van der Waals surface area contributed by atoms with E-state index in [4.69, 9.17) is 5.21 Å². The zero-order valence-electron chi connectivity index (χ0n) is 4.97. The van der Waals surface area contributed by atoms with Crippen LogP contribution in [0.5, 0.6) is 0 Å². The van der Waals surface area contributed by atoms with Crippen LogP contribution in [0.1, 0.15) is 6.92 Å². The minimum absolute atomic E-state index is 0.422. The summed E-state index contributed by atoms with van der Waals surface area (Å²) in [5.74, 6) is 0. The van der Waals surface area contributed by atoms with Gasteiger partial charge in [0.2, 0.25) is 0 Å². The first-order valence-electron chi connectivity index (χ1n) is 2.38. The van der Waals surface area contributed by atoms with Crippen LogP contribution >= 0.6 is 0 Å². The van der Waals surface area contributed by atoms with Crippen LogP contribution in [0.3, 0.4) is 0 Å². The normalized spacial score (nSPS) is 8.67. The Morgan fingerprint density at radius 2 is 2.44 bits per heavy atom. The maximum atomic E-state index is 10.1. The quantitative estimate of drug-likeness (QED) is 0.230. The third-order valence-corrected chi connectivity index (χ3v) is 0.483. The van der Waals surface area contributed by atoms with Crippen LogP contribution in [0, 0.1) is 0 Å². The number of carbonyl (C=O) groups is 1.